The van der Waals surface area contributed by atoms with Crippen LogP contribution in [0.1, 0.15) is 24.2 Å². The molecule has 138 valence electrons. The molecule has 0 radical (unpaired) electrons. The smallest absolute Gasteiger partial charge is 0.251 e. The number of hydrogen-bond acceptors (Lipinski definition) is 3. The van der Waals surface area contributed by atoms with Crippen molar-refractivity contribution in [1.29, 1.82) is 0 Å². The number of hydrogen-bond donors (Lipinski definition) is 1. The highest BCUT2D eigenvalue weighted by molar-refractivity contribution is 6.31. The summed E-state index contributed by atoms with van der Waals surface area (Å²) in [6, 6.07) is 6.41. The van der Waals surface area contributed by atoms with Crippen molar-refractivity contribution >= 4 is 40.9 Å². The molecular formula is C18H19Cl2N3O3. The highest BCUT2D eigenvalue weighted by atomic mass is 35.5. The Balaban J connectivity index is 1.95. The molecule has 3 amide bonds. The Labute approximate surface area is 162 Å². The highest BCUT2D eigenvalue weighted by Crippen LogP contribution is 2.22. The van der Waals surface area contributed by atoms with Crippen LogP contribution in [0, 0.1) is 0 Å². The zero-order valence-corrected chi connectivity index (χ0v) is 16.0. The minimum Gasteiger partial charge on any atom is -0.343 e. The van der Waals surface area contributed by atoms with Gasteiger partial charge in [0.1, 0.15) is 13.2 Å². The van der Waals surface area contributed by atoms with Gasteiger partial charge in [-0.15, -0.1) is 0 Å². The van der Waals surface area contributed by atoms with Gasteiger partial charge >= 0.3 is 0 Å². The summed E-state index contributed by atoms with van der Waals surface area (Å²) in [6.07, 6.45) is 0. The van der Waals surface area contributed by atoms with Crippen LogP contribution in [0.4, 0.5) is 0 Å². The standard InChI is InChI=1S/C18H19Cl2N3O3/c1-11(12(2)19)13(3)23-10-22(9-17(23)25)16(24)8-21-18(26)14-5-4-6-15(20)7-14/h4-7H,3,8-10H2,1-2H3,(H,21,26)/b12-11-. The number of nitrogens with zero attached hydrogens (tertiary/aromatic N) is 2. The average Bonchev–Trinajstić information content (AvgIpc) is 2.99. The Bertz CT molecular complexity index is 801. The summed E-state index contributed by atoms with van der Waals surface area (Å²) in [6.45, 7) is 7.11. The largest absolute Gasteiger partial charge is 0.343 e. The molecule has 1 fully saturated rings. The van der Waals surface area contributed by atoms with Crippen LogP contribution in [0.15, 0.2) is 47.1 Å². The lowest BCUT2D eigenvalue weighted by Crippen LogP contribution is -2.39. The molecule has 1 aliphatic rings. The molecule has 1 N–H and O–H groups in total. The van der Waals surface area contributed by atoms with Gasteiger partial charge in [0.25, 0.3) is 5.91 Å². The minimum atomic E-state index is -0.413. The van der Waals surface area contributed by atoms with Crippen molar-refractivity contribution in [3.63, 3.8) is 0 Å². The van der Waals surface area contributed by atoms with Crippen molar-refractivity contribution in [2.24, 2.45) is 0 Å². The summed E-state index contributed by atoms with van der Waals surface area (Å²) < 4.78 is 0. The molecule has 0 spiro atoms. The van der Waals surface area contributed by atoms with Crippen LogP contribution in [0.3, 0.4) is 0 Å². The number of carbonyl (C=O) groups is 3. The van der Waals surface area contributed by atoms with Gasteiger partial charge < -0.3 is 10.2 Å². The second-order valence-corrected chi connectivity index (χ2v) is 6.86. The van der Waals surface area contributed by atoms with Crippen LogP contribution >= 0.6 is 23.2 Å². The molecule has 0 aliphatic carbocycles. The lowest BCUT2D eigenvalue weighted by molar-refractivity contribution is -0.130. The fraction of sp³-hybridized carbons (Fsp3) is 0.278. The maximum Gasteiger partial charge on any atom is 0.251 e. The van der Waals surface area contributed by atoms with Gasteiger partial charge in [-0.3, -0.25) is 19.3 Å². The Morgan fingerprint density at radius 3 is 2.62 bits per heavy atom. The van der Waals surface area contributed by atoms with Gasteiger partial charge in [0.2, 0.25) is 11.8 Å². The second-order valence-electron chi connectivity index (χ2n) is 5.85. The van der Waals surface area contributed by atoms with Crippen LogP contribution < -0.4 is 5.32 Å². The third kappa shape index (κ3) is 4.65. The number of amides is 3. The lowest BCUT2D eigenvalue weighted by Gasteiger charge is -2.21. The summed E-state index contributed by atoms with van der Waals surface area (Å²) in [5.74, 6) is -1.03. The Hall–Kier alpha value is -2.31. The van der Waals surface area contributed by atoms with Crippen molar-refractivity contribution < 1.29 is 14.4 Å². The third-order valence-electron chi connectivity index (χ3n) is 4.05. The molecule has 8 heteroatoms. The zero-order valence-electron chi connectivity index (χ0n) is 14.5. The van der Waals surface area contributed by atoms with E-state index >= 15 is 0 Å². The van der Waals surface area contributed by atoms with Gasteiger partial charge in [0.05, 0.1) is 6.54 Å². The highest BCUT2D eigenvalue weighted by Gasteiger charge is 2.32. The first-order valence-electron chi connectivity index (χ1n) is 7.85. The van der Waals surface area contributed by atoms with Crippen molar-refractivity contribution in [3.05, 3.63) is 57.7 Å². The Kier molecular flexibility index (Phi) is 6.45. The van der Waals surface area contributed by atoms with Gasteiger partial charge in [-0.2, -0.15) is 0 Å². The molecule has 1 aromatic rings. The predicted octanol–water partition coefficient (Wildman–Crippen LogP) is 2.74. The number of halogens is 2. The first kappa shape index (κ1) is 20.0. The van der Waals surface area contributed by atoms with E-state index in [4.69, 9.17) is 23.2 Å². The summed E-state index contributed by atoms with van der Waals surface area (Å²) in [5, 5.41) is 3.49. The Morgan fingerprint density at radius 1 is 1.31 bits per heavy atom. The molecule has 26 heavy (non-hydrogen) atoms. The van der Waals surface area contributed by atoms with E-state index in [9.17, 15) is 14.4 Å². The molecule has 1 heterocycles. The van der Waals surface area contributed by atoms with Crippen LogP contribution in [-0.4, -0.2) is 47.3 Å². The number of carbonyl (C=O) groups excluding carboxylic acids is 3. The van der Waals surface area contributed by atoms with E-state index in [0.717, 1.165) is 0 Å². The fourth-order valence-electron chi connectivity index (χ4n) is 2.35. The minimum absolute atomic E-state index is 0.0699. The van der Waals surface area contributed by atoms with E-state index in [0.29, 0.717) is 26.9 Å². The van der Waals surface area contributed by atoms with Crippen LogP contribution in [0.25, 0.3) is 0 Å². The lowest BCUT2D eigenvalue weighted by atomic mass is 10.2. The maximum atomic E-state index is 12.3. The van der Waals surface area contributed by atoms with Gasteiger partial charge in [-0.1, -0.05) is 35.8 Å². The molecule has 0 aromatic heterocycles. The molecule has 0 atom stereocenters. The number of nitrogens with one attached hydrogen (secondary N) is 1. The van der Waals surface area contributed by atoms with Crippen LogP contribution in [0.2, 0.25) is 5.02 Å². The van der Waals surface area contributed by atoms with Crippen molar-refractivity contribution in [2.75, 3.05) is 19.8 Å². The van der Waals surface area contributed by atoms with E-state index in [-0.39, 0.29) is 31.6 Å². The van der Waals surface area contributed by atoms with E-state index < -0.39 is 5.91 Å². The number of rotatable bonds is 5. The summed E-state index contributed by atoms with van der Waals surface area (Å²) in [4.78, 5) is 39.3. The summed E-state index contributed by atoms with van der Waals surface area (Å²) in [7, 11) is 0. The number of benzene rings is 1. The van der Waals surface area contributed by atoms with Gasteiger partial charge in [-0.05, 0) is 37.6 Å². The molecule has 1 aliphatic heterocycles. The molecular weight excluding hydrogens is 377 g/mol. The SMILES string of the molecule is C=C(/C(C)=C(/C)Cl)N1CN(C(=O)CNC(=O)c2cccc(Cl)c2)CC1=O. The van der Waals surface area contributed by atoms with Crippen LogP contribution in [-0.2, 0) is 9.59 Å². The summed E-state index contributed by atoms with van der Waals surface area (Å²) in [5.41, 5.74) is 1.50. The zero-order chi connectivity index (χ0) is 19.4. The van der Waals surface area contributed by atoms with Crippen molar-refractivity contribution in [1.82, 2.24) is 15.1 Å². The maximum absolute atomic E-state index is 12.3. The molecule has 0 saturated carbocycles. The van der Waals surface area contributed by atoms with Crippen LogP contribution in [0.5, 0.6) is 0 Å². The van der Waals surface area contributed by atoms with Gasteiger partial charge in [0, 0.05) is 21.3 Å². The van der Waals surface area contributed by atoms with Crippen molar-refractivity contribution in [3.8, 4) is 0 Å². The third-order valence-corrected chi connectivity index (χ3v) is 4.57. The molecule has 6 nitrogen and oxygen atoms in total. The van der Waals surface area contributed by atoms with Gasteiger partial charge in [0.15, 0.2) is 0 Å². The first-order valence-corrected chi connectivity index (χ1v) is 8.60. The average molecular weight is 396 g/mol. The van der Waals surface area contributed by atoms with E-state index in [1.165, 1.54) is 15.9 Å². The molecule has 1 aromatic carbocycles. The van der Waals surface area contributed by atoms with E-state index in [1.807, 2.05) is 0 Å². The first-order chi connectivity index (χ1) is 12.2. The molecule has 1 saturated heterocycles. The predicted molar refractivity (Wildman–Crippen MR) is 101 cm³/mol. The number of allylic oxidation sites excluding steroid dienone is 2. The normalized spacial score (nSPS) is 15.0. The van der Waals surface area contributed by atoms with Crippen molar-refractivity contribution in [2.45, 2.75) is 13.8 Å². The molecule has 0 bridgehead atoms. The second kappa shape index (κ2) is 8.38. The topological polar surface area (TPSA) is 69.7 Å². The quantitative estimate of drug-likeness (QED) is 0.779. The fourth-order valence-corrected chi connectivity index (χ4v) is 2.65. The van der Waals surface area contributed by atoms with E-state index in [2.05, 4.69) is 11.9 Å². The Morgan fingerprint density at radius 2 is 2.00 bits per heavy atom. The molecule has 2 rings (SSSR count). The van der Waals surface area contributed by atoms with E-state index in [1.54, 1.807) is 32.0 Å². The monoisotopic (exact) mass is 395 g/mol. The molecule has 0 unspecified atom stereocenters. The van der Waals surface area contributed by atoms with Gasteiger partial charge in [-0.25, -0.2) is 0 Å². The summed E-state index contributed by atoms with van der Waals surface area (Å²) >= 11 is 11.8.